The van der Waals surface area contributed by atoms with Crippen LogP contribution < -0.4 is 14.7 Å². The minimum atomic E-state index is -3.92. The highest BCUT2D eigenvalue weighted by Gasteiger charge is 2.24. The second kappa shape index (κ2) is 5.34. The highest BCUT2D eigenvalue weighted by atomic mass is 32.2. The number of pyridine rings is 1. The van der Waals surface area contributed by atoms with Gasteiger partial charge >= 0.3 is 10.1 Å². The van der Waals surface area contributed by atoms with Crippen molar-refractivity contribution in [2.24, 2.45) is 5.73 Å². The van der Waals surface area contributed by atoms with Gasteiger partial charge in [-0.1, -0.05) is 6.07 Å². The van der Waals surface area contributed by atoms with E-state index in [1.54, 1.807) is 18.2 Å². The minimum Gasteiger partial charge on any atom is -0.492 e. The van der Waals surface area contributed by atoms with Crippen LogP contribution >= 0.6 is 0 Å². The molecule has 0 saturated carbocycles. The number of fused-ring (bicyclic) bond motifs is 1. The quantitative estimate of drug-likeness (QED) is 0.854. The molecule has 1 aromatic heterocycles. The fraction of sp³-hybridized carbons (Fsp3) is 0.214. The fourth-order valence-electron chi connectivity index (χ4n) is 2.14. The number of aromatic nitrogens is 1. The Hall–Kier alpha value is -2.12. The van der Waals surface area contributed by atoms with Crippen LogP contribution in [0.3, 0.4) is 0 Å². The molecule has 21 heavy (non-hydrogen) atoms. The molecular weight excluding hydrogens is 292 g/mol. The van der Waals surface area contributed by atoms with Crippen molar-refractivity contribution in [2.45, 2.75) is 17.4 Å². The molecule has 0 spiro atoms. The van der Waals surface area contributed by atoms with Crippen molar-refractivity contribution in [1.29, 1.82) is 0 Å². The van der Waals surface area contributed by atoms with Crippen LogP contribution in [0.25, 0.3) is 0 Å². The number of nitrogens with zero attached hydrogens (tertiary/aromatic N) is 1. The number of rotatable bonds is 3. The molecule has 0 saturated heterocycles. The summed E-state index contributed by atoms with van der Waals surface area (Å²) in [5.41, 5.74) is 6.52. The van der Waals surface area contributed by atoms with Crippen LogP contribution in [0.2, 0.25) is 0 Å². The third-order valence-corrected chi connectivity index (χ3v) is 4.35. The van der Waals surface area contributed by atoms with Gasteiger partial charge in [-0.05, 0) is 30.7 Å². The van der Waals surface area contributed by atoms with Crippen molar-refractivity contribution in [2.75, 3.05) is 6.61 Å². The molecule has 2 heterocycles. The topological polar surface area (TPSA) is 91.5 Å². The van der Waals surface area contributed by atoms with Gasteiger partial charge in [0.05, 0.1) is 0 Å². The summed E-state index contributed by atoms with van der Waals surface area (Å²) in [6.45, 7) is 0.409. The molecule has 6 nitrogen and oxygen atoms in total. The molecule has 1 aromatic carbocycles. The highest BCUT2D eigenvalue weighted by molar-refractivity contribution is 7.87. The maximum atomic E-state index is 12.2. The van der Waals surface area contributed by atoms with Gasteiger partial charge in [0, 0.05) is 24.0 Å². The van der Waals surface area contributed by atoms with Gasteiger partial charge in [0.25, 0.3) is 0 Å². The normalized spacial score (nSPS) is 17.7. The van der Waals surface area contributed by atoms with Crippen LogP contribution in [0, 0.1) is 0 Å². The monoisotopic (exact) mass is 306 g/mol. The van der Waals surface area contributed by atoms with Gasteiger partial charge in [0.1, 0.15) is 23.0 Å². The zero-order chi connectivity index (χ0) is 14.9. The maximum Gasteiger partial charge on any atom is 0.340 e. The summed E-state index contributed by atoms with van der Waals surface area (Å²) in [5, 5.41) is 0. The minimum absolute atomic E-state index is 0.00336. The van der Waals surface area contributed by atoms with E-state index in [1.165, 1.54) is 24.5 Å². The molecule has 0 amide bonds. The molecule has 1 unspecified atom stereocenters. The zero-order valence-electron chi connectivity index (χ0n) is 11.1. The Morgan fingerprint density at radius 1 is 1.29 bits per heavy atom. The van der Waals surface area contributed by atoms with Gasteiger partial charge in [-0.25, -0.2) is 0 Å². The molecule has 0 bridgehead atoms. The van der Waals surface area contributed by atoms with E-state index in [9.17, 15) is 8.42 Å². The lowest BCUT2D eigenvalue weighted by atomic mass is 10.0. The van der Waals surface area contributed by atoms with E-state index in [0.717, 1.165) is 0 Å². The summed E-state index contributed by atoms with van der Waals surface area (Å²) in [6, 6.07) is 7.83. The predicted molar refractivity (Wildman–Crippen MR) is 75.7 cm³/mol. The Morgan fingerprint density at radius 2 is 2.14 bits per heavy atom. The second-order valence-electron chi connectivity index (χ2n) is 4.73. The van der Waals surface area contributed by atoms with Crippen molar-refractivity contribution >= 4 is 10.1 Å². The van der Waals surface area contributed by atoms with E-state index in [2.05, 4.69) is 4.98 Å². The molecule has 1 aliphatic heterocycles. The number of hydrogen-bond acceptors (Lipinski definition) is 6. The van der Waals surface area contributed by atoms with Crippen LogP contribution in [0.1, 0.15) is 5.56 Å². The lowest BCUT2D eigenvalue weighted by molar-refractivity contribution is 0.261. The summed E-state index contributed by atoms with van der Waals surface area (Å²) in [6.07, 6.45) is 3.25. The summed E-state index contributed by atoms with van der Waals surface area (Å²) in [7, 11) is -3.92. The van der Waals surface area contributed by atoms with E-state index in [0.29, 0.717) is 24.3 Å². The molecule has 1 atom stereocenters. The Morgan fingerprint density at radius 3 is 2.90 bits per heavy atom. The smallest absolute Gasteiger partial charge is 0.340 e. The van der Waals surface area contributed by atoms with Gasteiger partial charge in [0.15, 0.2) is 0 Å². The molecule has 2 N–H and O–H groups in total. The van der Waals surface area contributed by atoms with Crippen molar-refractivity contribution in [1.82, 2.24) is 4.98 Å². The fourth-order valence-corrected chi connectivity index (χ4v) is 3.06. The standard InChI is InChI=1S/C14H14N2O4S/c15-10-7-12-13(19-9-10)4-1-5-14(12)20-21(17,18)11-3-2-6-16-8-11/h1-6,8,10H,7,9,15H2. The number of ether oxygens (including phenoxy) is 1. The third-order valence-electron chi connectivity index (χ3n) is 3.13. The first kappa shape index (κ1) is 13.8. The summed E-state index contributed by atoms with van der Waals surface area (Å²) in [5.74, 6) is 0.849. The van der Waals surface area contributed by atoms with Gasteiger partial charge in [-0.3, -0.25) is 4.98 Å². The number of nitrogens with two attached hydrogens (primary N) is 1. The number of benzene rings is 1. The first-order valence-corrected chi connectivity index (χ1v) is 7.82. The Labute approximate surface area is 122 Å². The van der Waals surface area contributed by atoms with Gasteiger partial charge in [0.2, 0.25) is 0 Å². The van der Waals surface area contributed by atoms with Crippen molar-refractivity contribution in [3.8, 4) is 11.5 Å². The van der Waals surface area contributed by atoms with Gasteiger partial charge in [-0.15, -0.1) is 0 Å². The third kappa shape index (κ3) is 2.84. The molecule has 7 heteroatoms. The van der Waals surface area contributed by atoms with Crippen LogP contribution in [-0.2, 0) is 16.5 Å². The zero-order valence-corrected chi connectivity index (χ0v) is 11.9. The van der Waals surface area contributed by atoms with E-state index in [4.69, 9.17) is 14.7 Å². The van der Waals surface area contributed by atoms with Gasteiger partial charge < -0.3 is 14.7 Å². The Balaban J connectivity index is 1.96. The molecule has 2 aromatic rings. The highest BCUT2D eigenvalue weighted by Crippen LogP contribution is 2.33. The lowest BCUT2D eigenvalue weighted by Crippen LogP contribution is -2.34. The van der Waals surface area contributed by atoms with Crippen LogP contribution in [0.4, 0.5) is 0 Å². The van der Waals surface area contributed by atoms with E-state index in [1.807, 2.05) is 0 Å². The Bertz CT molecular complexity index is 747. The lowest BCUT2D eigenvalue weighted by Gasteiger charge is -2.24. The molecular formula is C14H14N2O4S. The summed E-state index contributed by atoms with van der Waals surface area (Å²) in [4.78, 5) is 3.79. The predicted octanol–water partition coefficient (Wildman–Crippen LogP) is 1.11. The Kier molecular flexibility index (Phi) is 3.52. The van der Waals surface area contributed by atoms with E-state index in [-0.39, 0.29) is 16.7 Å². The van der Waals surface area contributed by atoms with Gasteiger partial charge in [-0.2, -0.15) is 8.42 Å². The molecule has 0 aliphatic carbocycles. The molecule has 3 rings (SSSR count). The van der Waals surface area contributed by atoms with E-state index < -0.39 is 10.1 Å². The molecule has 110 valence electrons. The summed E-state index contributed by atoms with van der Waals surface area (Å²) < 4.78 is 35.2. The first-order valence-electron chi connectivity index (χ1n) is 6.41. The van der Waals surface area contributed by atoms with Crippen LogP contribution in [0.5, 0.6) is 11.5 Å². The largest absolute Gasteiger partial charge is 0.492 e. The number of hydrogen-bond donors (Lipinski definition) is 1. The average molecular weight is 306 g/mol. The van der Waals surface area contributed by atoms with Crippen LogP contribution in [-0.4, -0.2) is 26.1 Å². The van der Waals surface area contributed by atoms with Crippen molar-refractivity contribution in [3.05, 3.63) is 48.3 Å². The van der Waals surface area contributed by atoms with Crippen LogP contribution in [0.15, 0.2) is 47.6 Å². The second-order valence-corrected chi connectivity index (χ2v) is 6.28. The summed E-state index contributed by atoms with van der Waals surface area (Å²) >= 11 is 0. The average Bonchev–Trinajstić information content (AvgIpc) is 2.48. The van der Waals surface area contributed by atoms with Crippen molar-refractivity contribution in [3.63, 3.8) is 0 Å². The SMILES string of the molecule is NC1COc2cccc(OS(=O)(=O)c3cccnc3)c2C1. The molecule has 1 aliphatic rings. The maximum absolute atomic E-state index is 12.2. The molecule has 0 radical (unpaired) electrons. The first-order chi connectivity index (χ1) is 10.1. The van der Waals surface area contributed by atoms with E-state index >= 15 is 0 Å². The van der Waals surface area contributed by atoms with Crippen molar-refractivity contribution < 1.29 is 17.3 Å². The molecule has 0 fully saturated rings.